The number of carbonyl (C=O) groups excluding carboxylic acids is 2. The molecule has 0 aromatic heterocycles. The molecule has 2 aromatic carbocycles. The number of benzene rings is 2. The molecule has 2 unspecified atom stereocenters. The molecule has 3 aliphatic rings. The first kappa shape index (κ1) is 27.5. The number of amides is 2. The van der Waals surface area contributed by atoms with Crippen molar-refractivity contribution in [2.45, 2.75) is 85.0 Å². The third-order valence-corrected chi connectivity index (χ3v) is 8.03. The molecule has 0 spiro atoms. The molecule has 210 valence electrons. The summed E-state index contributed by atoms with van der Waals surface area (Å²) in [5.74, 6) is 1.87. The van der Waals surface area contributed by atoms with Crippen LogP contribution in [0.4, 0.5) is 0 Å². The van der Waals surface area contributed by atoms with Gasteiger partial charge in [-0.05, 0) is 61.3 Å². The van der Waals surface area contributed by atoms with Crippen LogP contribution in [0, 0.1) is 12.3 Å². The van der Waals surface area contributed by atoms with Crippen LogP contribution in [-0.4, -0.2) is 65.0 Å². The van der Waals surface area contributed by atoms with Crippen LogP contribution in [0.1, 0.15) is 69.6 Å². The zero-order valence-corrected chi connectivity index (χ0v) is 23.9. The maximum absolute atomic E-state index is 13.9. The quantitative estimate of drug-likeness (QED) is 0.493. The second kappa shape index (κ2) is 11.6. The highest BCUT2D eigenvalue weighted by atomic mass is 16.7. The number of hydrogen-bond donors (Lipinski definition) is 0. The number of piperidine rings is 1. The van der Waals surface area contributed by atoms with Crippen LogP contribution >= 0.6 is 0 Å². The maximum atomic E-state index is 13.9. The van der Waals surface area contributed by atoms with Gasteiger partial charge in [0.25, 0.3) is 0 Å². The van der Waals surface area contributed by atoms with Crippen LogP contribution in [0.15, 0.2) is 42.5 Å². The third kappa shape index (κ3) is 6.75. The molecule has 2 aromatic rings. The van der Waals surface area contributed by atoms with E-state index in [4.69, 9.17) is 9.47 Å². The van der Waals surface area contributed by atoms with Gasteiger partial charge in [0.05, 0.1) is 6.04 Å². The molecule has 0 bridgehead atoms. The summed E-state index contributed by atoms with van der Waals surface area (Å²) in [4.78, 5) is 34.1. The van der Waals surface area contributed by atoms with Crippen LogP contribution in [0.3, 0.4) is 0 Å². The predicted molar refractivity (Wildman–Crippen MR) is 151 cm³/mol. The monoisotopic (exact) mass is 533 g/mol. The smallest absolute Gasteiger partial charge is 0.240 e. The average Bonchev–Trinajstić information content (AvgIpc) is 3.53. The Bertz CT molecular complexity index is 1180. The molecule has 39 heavy (non-hydrogen) atoms. The molecule has 2 saturated heterocycles. The Morgan fingerprint density at radius 1 is 0.974 bits per heavy atom. The van der Waals surface area contributed by atoms with Gasteiger partial charge in [0, 0.05) is 45.2 Å². The maximum Gasteiger partial charge on any atom is 0.240 e. The largest absolute Gasteiger partial charge is 0.454 e. The minimum absolute atomic E-state index is 0.0342. The van der Waals surface area contributed by atoms with E-state index in [0.29, 0.717) is 32.5 Å². The second-order valence-corrected chi connectivity index (χ2v) is 12.7. The standard InChI is InChI=1S/C32H43N3O4/c1-23-9-8-10-24(15-23)20-35(30(36)18-32(2,3)4)26-17-27(31(37)33-13-6-5-7-14-33)34(21-26)19-25-11-12-28-29(16-25)39-22-38-28/h8-12,15-16,26-27H,5-7,13-14,17-22H2,1-4H3. The second-order valence-electron chi connectivity index (χ2n) is 12.7. The Hall–Kier alpha value is -3.06. The van der Waals surface area contributed by atoms with Gasteiger partial charge in [-0.3, -0.25) is 14.5 Å². The first-order valence-corrected chi connectivity index (χ1v) is 14.4. The van der Waals surface area contributed by atoms with Crippen molar-refractivity contribution >= 4 is 11.8 Å². The lowest BCUT2D eigenvalue weighted by molar-refractivity contribution is -0.138. The van der Waals surface area contributed by atoms with Gasteiger partial charge in [0.1, 0.15) is 0 Å². The van der Waals surface area contributed by atoms with Crippen LogP contribution in [0.25, 0.3) is 0 Å². The Kier molecular flexibility index (Phi) is 8.17. The van der Waals surface area contributed by atoms with E-state index in [-0.39, 0.29) is 36.1 Å². The number of likely N-dealkylation sites (tertiary alicyclic amines) is 2. The van der Waals surface area contributed by atoms with Crippen LogP contribution in [-0.2, 0) is 22.7 Å². The van der Waals surface area contributed by atoms with Crippen molar-refractivity contribution in [3.63, 3.8) is 0 Å². The first-order valence-electron chi connectivity index (χ1n) is 14.4. The summed E-state index contributed by atoms with van der Waals surface area (Å²) >= 11 is 0. The lowest BCUT2D eigenvalue weighted by Crippen LogP contribution is -2.47. The number of carbonyl (C=O) groups is 2. The summed E-state index contributed by atoms with van der Waals surface area (Å²) in [6.45, 7) is 12.2. The molecular weight excluding hydrogens is 490 g/mol. The van der Waals surface area contributed by atoms with Gasteiger partial charge in [-0.15, -0.1) is 0 Å². The zero-order chi connectivity index (χ0) is 27.6. The van der Waals surface area contributed by atoms with Crippen molar-refractivity contribution in [2.24, 2.45) is 5.41 Å². The molecular formula is C32H43N3O4. The molecule has 7 heteroatoms. The van der Waals surface area contributed by atoms with E-state index in [9.17, 15) is 9.59 Å². The summed E-state index contributed by atoms with van der Waals surface area (Å²) in [5, 5.41) is 0. The van der Waals surface area contributed by atoms with Gasteiger partial charge < -0.3 is 19.3 Å². The third-order valence-electron chi connectivity index (χ3n) is 8.03. The SMILES string of the molecule is Cc1cccc(CN(C(=O)CC(C)(C)C)C2CC(C(=O)N3CCCCC3)N(Cc3ccc4c(c3)OCO4)C2)c1. The highest BCUT2D eigenvalue weighted by Crippen LogP contribution is 2.35. The molecule has 0 saturated carbocycles. The minimum Gasteiger partial charge on any atom is -0.454 e. The van der Waals surface area contributed by atoms with Crippen molar-refractivity contribution in [2.75, 3.05) is 26.4 Å². The predicted octanol–water partition coefficient (Wildman–Crippen LogP) is 5.14. The lowest BCUT2D eigenvalue weighted by Gasteiger charge is -2.32. The van der Waals surface area contributed by atoms with Gasteiger partial charge in [-0.2, -0.15) is 0 Å². The van der Waals surface area contributed by atoms with E-state index in [1.165, 1.54) is 12.0 Å². The highest BCUT2D eigenvalue weighted by molar-refractivity contribution is 5.83. The van der Waals surface area contributed by atoms with Crippen LogP contribution < -0.4 is 9.47 Å². The molecule has 3 aliphatic heterocycles. The summed E-state index contributed by atoms with van der Waals surface area (Å²) < 4.78 is 11.1. The summed E-state index contributed by atoms with van der Waals surface area (Å²) in [5.41, 5.74) is 3.29. The van der Waals surface area contributed by atoms with Crippen molar-refractivity contribution in [3.8, 4) is 11.5 Å². The van der Waals surface area contributed by atoms with Gasteiger partial charge in [0.2, 0.25) is 18.6 Å². The Morgan fingerprint density at radius 2 is 1.74 bits per heavy atom. The van der Waals surface area contributed by atoms with E-state index in [1.54, 1.807) is 0 Å². The van der Waals surface area contributed by atoms with Crippen LogP contribution in [0.2, 0.25) is 0 Å². The van der Waals surface area contributed by atoms with Gasteiger partial charge in [-0.25, -0.2) is 0 Å². The van der Waals surface area contributed by atoms with Gasteiger partial charge in [-0.1, -0.05) is 56.7 Å². The fraction of sp³-hybridized carbons (Fsp3) is 0.562. The molecule has 2 fully saturated rings. The molecule has 2 amide bonds. The highest BCUT2D eigenvalue weighted by Gasteiger charge is 2.42. The van der Waals surface area contributed by atoms with Crippen molar-refractivity contribution in [3.05, 3.63) is 59.2 Å². The Balaban J connectivity index is 1.42. The van der Waals surface area contributed by atoms with E-state index in [1.807, 2.05) is 17.0 Å². The Labute approximate surface area is 233 Å². The topological polar surface area (TPSA) is 62.3 Å². The lowest BCUT2D eigenvalue weighted by atomic mass is 9.91. The fourth-order valence-electron chi connectivity index (χ4n) is 6.12. The van der Waals surface area contributed by atoms with E-state index < -0.39 is 0 Å². The van der Waals surface area contributed by atoms with E-state index in [2.05, 4.69) is 67.8 Å². The average molecular weight is 534 g/mol. The van der Waals surface area contributed by atoms with Crippen molar-refractivity contribution in [1.29, 1.82) is 0 Å². The molecule has 5 rings (SSSR count). The summed E-state index contributed by atoms with van der Waals surface area (Å²) in [6.07, 6.45) is 4.44. The normalized spacial score (nSPS) is 21.3. The van der Waals surface area contributed by atoms with E-state index >= 15 is 0 Å². The number of aryl methyl sites for hydroxylation is 1. The Morgan fingerprint density at radius 3 is 2.49 bits per heavy atom. The summed E-state index contributed by atoms with van der Waals surface area (Å²) in [6, 6.07) is 14.1. The minimum atomic E-state index is -0.249. The number of hydrogen-bond acceptors (Lipinski definition) is 5. The molecule has 7 nitrogen and oxygen atoms in total. The number of nitrogens with zero attached hydrogens (tertiary/aromatic N) is 3. The molecule has 0 N–H and O–H groups in total. The van der Waals surface area contributed by atoms with Crippen molar-refractivity contribution < 1.29 is 19.1 Å². The van der Waals surface area contributed by atoms with Gasteiger partial charge >= 0.3 is 0 Å². The van der Waals surface area contributed by atoms with E-state index in [0.717, 1.165) is 48.6 Å². The summed E-state index contributed by atoms with van der Waals surface area (Å²) in [7, 11) is 0. The molecule has 3 heterocycles. The van der Waals surface area contributed by atoms with Crippen LogP contribution in [0.5, 0.6) is 11.5 Å². The zero-order valence-electron chi connectivity index (χ0n) is 23.9. The molecule has 0 aliphatic carbocycles. The molecule has 2 atom stereocenters. The number of ether oxygens (including phenoxy) is 2. The molecule has 0 radical (unpaired) electrons. The van der Waals surface area contributed by atoms with Crippen molar-refractivity contribution in [1.82, 2.24) is 14.7 Å². The first-order chi connectivity index (χ1) is 18.7. The van der Waals surface area contributed by atoms with Gasteiger partial charge in [0.15, 0.2) is 11.5 Å². The number of fused-ring (bicyclic) bond motifs is 1. The fourth-order valence-corrected chi connectivity index (χ4v) is 6.12. The number of rotatable bonds is 7.